The van der Waals surface area contributed by atoms with Crippen LogP contribution in [0.15, 0.2) is 16.8 Å². The normalized spacial score (nSPS) is 19.0. The molecule has 1 aliphatic heterocycles. The van der Waals surface area contributed by atoms with E-state index in [0.717, 1.165) is 25.2 Å². The summed E-state index contributed by atoms with van der Waals surface area (Å²) in [7, 11) is 0. The molecule has 1 aromatic carbocycles. The van der Waals surface area contributed by atoms with Crippen molar-refractivity contribution >= 4 is 28.3 Å². The molecule has 1 saturated heterocycles. The van der Waals surface area contributed by atoms with Crippen LogP contribution in [-0.4, -0.2) is 42.5 Å². The minimum absolute atomic E-state index is 0.0407. The van der Waals surface area contributed by atoms with Crippen LogP contribution in [0.1, 0.15) is 44.9 Å². The van der Waals surface area contributed by atoms with Crippen LogP contribution >= 0.6 is 0 Å². The van der Waals surface area contributed by atoms with Crippen LogP contribution in [0.3, 0.4) is 0 Å². The average Bonchev–Trinajstić information content (AvgIpc) is 3.18. The van der Waals surface area contributed by atoms with Gasteiger partial charge >= 0.3 is 0 Å². The Morgan fingerprint density at radius 2 is 1.88 bits per heavy atom. The summed E-state index contributed by atoms with van der Waals surface area (Å²) >= 11 is 0. The third-order valence-electron chi connectivity index (χ3n) is 5.52. The molecule has 2 aromatic rings. The highest BCUT2D eigenvalue weighted by molar-refractivity contribution is 6.02. The summed E-state index contributed by atoms with van der Waals surface area (Å²) in [5.41, 5.74) is 2.95. The van der Waals surface area contributed by atoms with E-state index in [1.165, 1.54) is 32.1 Å². The van der Waals surface area contributed by atoms with Gasteiger partial charge in [0.2, 0.25) is 5.91 Å². The molecule has 1 aliphatic carbocycles. The van der Waals surface area contributed by atoms with E-state index in [1.54, 1.807) is 0 Å². The summed E-state index contributed by atoms with van der Waals surface area (Å²) in [6, 6.07) is 3.88. The van der Waals surface area contributed by atoms with Gasteiger partial charge < -0.3 is 15.0 Å². The van der Waals surface area contributed by atoms with Gasteiger partial charge in [-0.25, -0.2) is 4.63 Å². The Bertz CT molecular complexity index is 748. The maximum Gasteiger partial charge on any atom is 0.224 e. The number of nitrogens with zero attached hydrogens (tertiary/aromatic N) is 3. The van der Waals surface area contributed by atoms with Gasteiger partial charge in [0.05, 0.1) is 24.6 Å². The minimum atomic E-state index is 0.0407. The predicted octanol–water partition coefficient (Wildman–Crippen LogP) is 3.36. The molecule has 0 bridgehead atoms. The molecule has 0 spiro atoms. The molecular weight excluding hydrogens is 332 g/mol. The van der Waals surface area contributed by atoms with Gasteiger partial charge in [-0.05, 0) is 34.8 Å². The van der Waals surface area contributed by atoms with Crippen molar-refractivity contribution in [2.75, 3.05) is 36.5 Å². The van der Waals surface area contributed by atoms with Crippen LogP contribution < -0.4 is 10.2 Å². The van der Waals surface area contributed by atoms with Crippen molar-refractivity contribution < 1.29 is 14.2 Å². The number of ether oxygens (including phenoxy) is 1. The molecule has 1 N–H and O–H groups in total. The Balaban J connectivity index is 1.43. The third kappa shape index (κ3) is 3.82. The number of aromatic nitrogens is 2. The highest BCUT2D eigenvalue weighted by Gasteiger charge is 2.20. The van der Waals surface area contributed by atoms with Crippen molar-refractivity contribution in [2.24, 2.45) is 5.92 Å². The number of carbonyl (C=O) groups is 1. The van der Waals surface area contributed by atoms with Gasteiger partial charge in [0, 0.05) is 19.5 Å². The van der Waals surface area contributed by atoms with E-state index in [9.17, 15) is 4.79 Å². The number of anilines is 2. The number of fused-ring (bicyclic) bond motifs is 1. The fourth-order valence-electron chi connectivity index (χ4n) is 4.04. The molecule has 7 nitrogen and oxygen atoms in total. The van der Waals surface area contributed by atoms with Gasteiger partial charge in [0.25, 0.3) is 0 Å². The minimum Gasteiger partial charge on any atom is -0.378 e. The maximum absolute atomic E-state index is 12.4. The first-order valence-corrected chi connectivity index (χ1v) is 9.69. The molecule has 0 atom stereocenters. The second-order valence-electron chi connectivity index (χ2n) is 7.28. The molecule has 2 aliphatic rings. The molecule has 1 amide bonds. The molecule has 26 heavy (non-hydrogen) atoms. The fourth-order valence-corrected chi connectivity index (χ4v) is 4.04. The maximum atomic E-state index is 12.4. The number of nitrogens with one attached hydrogen (secondary N) is 1. The zero-order valence-corrected chi connectivity index (χ0v) is 15.1. The summed E-state index contributed by atoms with van der Waals surface area (Å²) in [6.07, 6.45) is 8.01. The largest absolute Gasteiger partial charge is 0.378 e. The first-order valence-electron chi connectivity index (χ1n) is 9.69. The van der Waals surface area contributed by atoms with Gasteiger partial charge in [-0.15, -0.1) is 0 Å². The quantitative estimate of drug-likeness (QED) is 0.883. The van der Waals surface area contributed by atoms with E-state index >= 15 is 0 Å². The number of amides is 1. The van der Waals surface area contributed by atoms with Crippen LogP contribution in [0.5, 0.6) is 0 Å². The van der Waals surface area contributed by atoms with Gasteiger partial charge in [0.1, 0.15) is 0 Å². The van der Waals surface area contributed by atoms with E-state index < -0.39 is 0 Å². The Morgan fingerprint density at radius 1 is 1.12 bits per heavy atom. The molecular formula is C19H26N4O3. The Kier molecular flexibility index (Phi) is 5.34. The van der Waals surface area contributed by atoms with Crippen LogP contribution in [-0.2, 0) is 9.53 Å². The van der Waals surface area contributed by atoms with Crippen molar-refractivity contribution in [3.8, 4) is 0 Å². The smallest absolute Gasteiger partial charge is 0.224 e. The molecule has 1 saturated carbocycles. The molecule has 2 fully saturated rings. The zero-order valence-electron chi connectivity index (χ0n) is 15.1. The van der Waals surface area contributed by atoms with Crippen LogP contribution in [0, 0.1) is 5.92 Å². The lowest BCUT2D eigenvalue weighted by atomic mass is 9.86. The van der Waals surface area contributed by atoms with Crippen molar-refractivity contribution in [3.63, 3.8) is 0 Å². The monoisotopic (exact) mass is 358 g/mol. The summed E-state index contributed by atoms with van der Waals surface area (Å²) < 4.78 is 10.4. The second-order valence-corrected chi connectivity index (χ2v) is 7.28. The number of hydrogen-bond acceptors (Lipinski definition) is 6. The number of carbonyl (C=O) groups excluding carboxylic acids is 1. The standard InChI is InChI=1S/C19H26N4O3/c24-17(9-6-14-4-2-1-3-5-14)20-15-7-8-16(19-18(15)21-26-22-19)23-10-12-25-13-11-23/h7-8,14H,1-6,9-13H2,(H,20,24). The molecule has 2 heterocycles. The van der Waals surface area contributed by atoms with Crippen LogP contribution in [0.25, 0.3) is 11.0 Å². The molecule has 0 radical (unpaired) electrons. The Hall–Kier alpha value is -2.15. The summed E-state index contributed by atoms with van der Waals surface area (Å²) in [6.45, 7) is 3.03. The number of morpholine rings is 1. The van der Waals surface area contributed by atoms with Gasteiger partial charge in [-0.3, -0.25) is 4.79 Å². The van der Waals surface area contributed by atoms with E-state index in [4.69, 9.17) is 9.37 Å². The topological polar surface area (TPSA) is 80.5 Å². The van der Waals surface area contributed by atoms with E-state index in [-0.39, 0.29) is 5.91 Å². The molecule has 1 aromatic heterocycles. The highest BCUT2D eigenvalue weighted by atomic mass is 16.6. The van der Waals surface area contributed by atoms with Crippen molar-refractivity contribution in [1.29, 1.82) is 0 Å². The number of benzene rings is 1. The lowest BCUT2D eigenvalue weighted by molar-refractivity contribution is -0.116. The lowest BCUT2D eigenvalue weighted by Crippen LogP contribution is -2.36. The number of hydrogen-bond donors (Lipinski definition) is 1. The Morgan fingerprint density at radius 3 is 2.69 bits per heavy atom. The summed E-state index contributed by atoms with van der Waals surface area (Å²) in [4.78, 5) is 14.6. The predicted molar refractivity (Wildman–Crippen MR) is 99.3 cm³/mol. The Labute approximate surface area is 153 Å². The fraction of sp³-hybridized carbons (Fsp3) is 0.632. The van der Waals surface area contributed by atoms with E-state index in [2.05, 4.69) is 20.5 Å². The van der Waals surface area contributed by atoms with Crippen LogP contribution in [0.4, 0.5) is 11.4 Å². The number of rotatable bonds is 5. The van der Waals surface area contributed by atoms with Gasteiger partial charge in [0.15, 0.2) is 11.0 Å². The molecule has 7 heteroatoms. The summed E-state index contributed by atoms with van der Waals surface area (Å²) in [5, 5.41) is 11.1. The zero-order chi connectivity index (χ0) is 17.8. The lowest BCUT2D eigenvalue weighted by Gasteiger charge is -2.28. The van der Waals surface area contributed by atoms with Gasteiger partial charge in [-0.2, -0.15) is 0 Å². The molecule has 4 rings (SSSR count). The van der Waals surface area contributed by atoms with Crippen molar-refractivity contribution in [1.82, 2.24) is 10.3 Å². The van der Waals surface area contributed by atoms with Crippen molar-refractivity contribution in [3.05, 3.63) is 12.1 Å². The first kappa shape index (κ1) is 17.3. The van der Waals surface area contributed by atoms with E-state index in [0.29, 0.717) is 42.3 Å². The SMILES string of the molecule is O=C(CCC1CCCCC1)Nc1ccc(N2CCOCC2)c2nonc12. The summed E-state index contributed by atoms with van der Waals surface area (Å²) in [5.74, 6) is 0.742. The molecule has 0 unspecified atom stereocenters. The van der Waals surface area contributed by atoms with Gasteiger partial charge in [-0.1, -0.05) is 32.1 Å². The first-order chi connectivity index (χ1) is 12.8. The van der Waals surface area contributed by atoms with Crippen molar-refractivity contribution in [2.45, 2.75) is 44.9 Å². The van der Waals surface area contributed by atoms with Crippen LogP contribution in [0.2, 0.25) is 0 Å². The van der Waals surface area contributed by atoms with E-state index in [1.807, 2.05) is 12.1 Å². The molecule has 140 valence electrons. The average molecular weight is 358 g/mol. The third-order valence-corrected chi connectivity index (χ3v) is 5.52. The highest BCUT2D eigenvalue weighted by Crippen LogP contribution is 2.31. The second kappa shape index (κ2) is 8.03.